The van der Waals surface area contributed by atoms with E-state index in [0.717, 1.165) is 44.4 Å². The van der Waals surface area contributed by atoms with Crippen molar-refractivity contribution < 1.29 is 39.2 Å². The Kier molecular flexibility index (Phi) is 24.6. The van der Waals surface area contributed by atoms with Crippen molar-refractivity contribution in [3.8, 4) is 0 Å². The summed E-state index contributed by atoms with van der Waals surface area (Å²) in [7, 11) is 0. The molecule has 266 valence electrons. The molecule has 0 saturated heterocycles. The number of carbonyl (C=O) groups is 3. The molecule has 0 aromatic heterocycles. The van der Waals surface area contributed by atoms with E-state index in [1.165, 1.54) is 44.9 Å². The molecule has 8 nitrogen and oxygen atoms in total. The zero-order chi connectivity index (χ0) is 34.0. The number of carbonyl (C=O) groups excluding carboxylic acids is 3. The Hall–Kier alpha value is -2.03. The average molecular weight is 651 g/mol. The number of rotatable bonds is 28. The molecule has 1 fully saturated rings. The monoisotopic (exact) mass is 650 g/mol. The lowest BCUT2D eigenvalue weighted by Crippen LogP contribution is -2.25. The maximum atomic E-state index is 12.4. The molecule has 0 radical (unpaired) electrons. The number of Topliss-reactive ketones (excluding diaryl/α,β-unsaturated/α-hetero) is 1. The second kappa shape index (κ2) is 27.0. The first-order chi connectivity index (χ1) is 22.1. The molecule has 0 spiro atoms. The molecular weight excluding hydrogens is 584 g/mol. The lowest BCUT2D eigenvalue weighted by molar-refractivity contribution is -0.152. The van der Waals surface area contributed by atoms with Crippen LogP contribution in [0.5, 0.6) is 0 Å². The number of ether oxygens (including phenoxy) is 2. The molecule has 0 aliphatic heterocycles. The quantitative estimate of drug-likeness (QED) is 0.0449. The Balaban J connectivity index is 2.09. The topological polar surface area (TPSA) is 130 Å². The Morgan fingerprint density at radius 3 is 1.98 bits per heavy atom. The largest absolute Gasteiger partial charge is 0.463 e. The minimum Gasteiger partial charge on any atom is -0.463 e. The highest BCUT2D eigenvalue weighted by atomic mass is 16.6. The van der Waals surface area contributed by atoms with Crippen molar-refractivity contribution >= 4 is 17.7 Å². The summed E-state index contributed by atoms with van der Waals surface area (Å²) >= 11 is 0. The summed E-state index contributed by atoms with van der Waals surface area (Å²) in [5.41, 5.74) is 0. The van der Waals surface area contributed by atoms with Crippen molar-refractivity contribution in [1.29, 1.82) is 0 Å². The fourth-order valence-electron chi connectivity index (χ4n) is 5.84. The summed E-state index contributed by atoms with van der Waals surface area (Å²) in [6.45, 7) is 6.26. The standard InChI is InChI=1S/C38H66O8/c1-4-5-15-21-31(39)25-26-34-33(35(41)27-36(34)42)22-17-13-14-19-24-38(44)46-29-32(40)28-45-37(43)23-18-12-10-8-6-7-9-11-16-20-30(2)3/h13,17,25-26,30-34,36,39-40,42H,4-12,14-16,18-24,27-29H2,1-3H3/b17-13-,26-25+/t31-,32+,33+,34+,36+/m0/s1. The first kappa shape index (κ1) is 42.0. The molecule has 0 bridgehead atoms. The van der Waals surface area contributed by atoms with Crippen LogP contribution in [0.4, 0.5) is 0 Å². The van der Waals surface area contributed by atoms with Gasteiger partial charge in [-0.3, -0.25) is 14.4 Å². The molecule has 46 heavy (non-hydrogen) atoms. The zero-order valence-electron chi connectivity index (χ0n) is 29.2. The first-order valence-electron chi connectivity index (χ1n) is 18.3. The molecule has 0 heterocycles. The molecule has 0 amide bonds. The van der Waals surface area contributed by atoms with E-state index in [9.17, 15) is 29.7 Å². The van der Waals surface area contributed by atoms with Crippen LogP contribution in [0.25, 0.3) is 0 Å². The minimum atomic E-state index is -1.05. The van der Waals surface area contributed by atoms with Crippen LogP contribution in [0.1, 0.15) is 149 Å². The lowest BCUT2D eigenvalue weighted by Gasteiger charge is -2.16. The summed E-state index contributed by atoms with van der Waals surface area (Å²) in [6, 6.07) is 0. The van der Waals surface area contributed by atoms with Gasteiger partial charge in [-0.15, -0.1) is 0 Å². The normalized spacial score (nSPS) is 19.8. The molecule has 5 atom stereocenters. The van der Waals surface area contributed by atoms with E-state index in [4.69, 9.17) is 9.47 Å². The minimum absolute atomic E-state index is 0.0314. The lowest BCUT2D eigenvalue weighted by atomic mass is 9.90. The van der Waals surface area contributed by atoms with Gasteiger partial charge in [0.2, 0.25) is 0 Å². The van der Waals surface area contributed by atoms with E-state index in [0.29, 0.717) is 32.1 Å². The summed E-state index contributed by atoms with van der Waals surface area (Å²) in [6.07, 6.45) is 23.1. The Morgan fingerprint density at radius 1 is 0.804 bits per heavy atom. The molecule has 3 N–H and O–H groups in total. The van der Waals surface area contributed by atoms with Crippen LogP contribution in [-0.2, 0) is 23.9 Å². The highest BCUT2D eigenvalue weighted by molar-refractivity contribution is 5.84. The maximum Gasteiger partial charge on any atom is 0.305 e. The molecule has 0 unspecified atom stereocenters. The second-order valence-corrected chi connectivity index (χ2v) is 13.6. The van der Waals surface area contributed by atoms with Crippen LogP contribution in [0.3, 0.4) is 0 Å². The Morgan fingerprint density at radius 2 is 1.37 bits per heavy atom. The van der Waals surface area contributed by atoms with Gasteiger partial charge in [-0.2, -0.15) is 0 Å². The number of esters is 2. The molecule has 1 rings (SSSR count). The van der Waals surface area contributed by atoms with Gasteiger partial charge >= 0.3 is 11.9 Å². The fourth-order valence-corrected chi connectivity index (χ4v) is 5.84. The van der Waals surface area contributed by atoms with Gasteiger partial charge in [-0.05, 0) is 38.0 Å². The third-order valence-electron chi connectivity index (χ3n) is 8.74. The van der Waals surface area contributed by atoms with Crippen LogP contribution < -0.4 is 0 Å². The molecule has 1 aliphatic carbocycles. The van der Waals surface area contributed by atoms with Gasteiger partial charge in [-0.25, -0.2) is 0 Å². The van der Waals surface area contributed by atoms with Crippen molar-refractivity contribution in [2.24, 2.45) is 17.8 Å². The predicted molar refractivity (Wildman–Crippen MR) is 183 cm³/mol. The van der Waals surface area contributed by atoms with Crippen molar-refractivity contribution in [2.75, 3.05) is 13.2 Å². The van der Waals surface area contributed by atoms with Gasteiger partial charge in [0.25, 0.3) is 0 Å². The molecule has 8 heteroatoms. The highest BCUT2D eigenvalue weighted by Gasteiger charge is 2.39. The molecule has 0 aromatic rings. The van der Waals surface area contributed by atoms with Gasteiger partial charge < -0.3 is 24.8 Å². The van der Waals surface area contributed by atoms with Crippen LogP contribution in [-0.4, -0.2) is 64.6 Å². The van der Waals surface area contributed by atoms with Gasteiger partial charge in [0, 0.05) is 31.1 Å². The molecule has 1 saturated carbocycles. The smallest absolute Gasteiger partial charge is 0.305 e. The number of allylic oxidation sites excluding steroid dienone is 2. The van der Waals surface area contributed by atoms with E-state index in [2.05, 4.69) is 20.8 Å². The highest BCUT2D eigenvalue weighted by Crippen LogP contribution is 2.33. The Labute approximate surface area is 279 Å². The first-order valence-corrected chi connectivity index (χ1v) is 18.3. The zero-order valence-corrected chi connectivity index (χ0v) is 29.2. The van der Waals surface area contributed by atoms with Crippen molar-refractivity contribution in [1.82, 2.24) is 0 Å². The number of ketones is 1. The average Bonchev–Trinajstić information content (AvgIpc) is 3.29. The van der Waals surface area contributed by atoms with Crippen LogP contribution in [0, 0.1) is 17.8 Å². The SMILES string of the molecule is CCCCC[C@H](O)/C=C/[C@H]1[C@H](O)CC(=O)[C@@H]1C/C=C\CCCC(=O)OC[C@H](O)COC(=O)CCCCCCCCCCCC(C)C. The summed E-state index contributed by atoms with van der Waals surface area (Å²) in [5.74, 6) is -0.537. The third kappa shape index (κ3) is 21.7. The van der Waals surface area contributed by atoms with Gasteiger partial charge in [0.05, 0.1) is 12.2 Å². The van der Waals surface area contributed by atoms with Crippen LogP contribution in [0.15, 0.2) is 24.3 Å². The number of hydrogen-bond donors (Lipinski definition) is 3. The van der Waals surface area contributed by atoms with Crippen LogP contribution >= 0.6 is 0 Å². The van der Waals surface area contributed by atoms with E-state index in [-0.39, 0.29) is 49.6 Å². The number of unbranched alkanes of at least 4 members (excludes halogenated alkanes) is 11. The fraction of sp³-hybridized carbons (Fsp3) is 0.816. The van der Waals surface area contributed by atoms with Gasteiger partial charge in [0.15, 0.2) is 0 Å². The van der Waals surface area contributed by atoms with Crippen LogP contribution in [0.2, 0.25) is 0 Å². The summed E-state index contributed by atoms with van der Waals surface area (Å²) in [4.78, 5) is 36.4. The van der Waals surface area contributed by atoms with Gasteiger partial charge in [-0.1, -0.05) is 122 Å². The predicted octanol–water partition coefficient (Wildman–Crippen LogP) is 7.56. The Bertz CT molecular complexity index is 867. The molecule has 0 aromatic carbocycles. The third-order valence-corrected chi connectivity index (χ3v) is 8.74. The number of aliphatic hydroxyl groups is 3. The maximum absolute atomic E-state index is 12.4. The van der Waals surface area contributed by atoms with E-state index < -0.39 is 24.3 Å². The van der Waals surface area contributed by atoms with Gasteiger partial charge in [0.1, 0.15) is 25.1 Å². The molecule has 1 aliphatic rings. The van der Waals surface area contributed by atoms with E-state index in [1.54, 1.807) is 12.2 Å². The van der Waals surface area contributed by atoms with Crippen molar-refractivity contribution in [3.05, 3.63) is 24.3 Å². The molecular formula is C38H66O8. The van der Waals surface area contributed by atoms with E-state index in [1.807, 2.05) is 12.2 Å². The summed E-state index contributed by atoms with van der Waals surface area (Å²) < 4.78 is 10.2. The number of aliphatic hydroxyl groups excluding tert-OH is 3. The van der Waals surface area contributed by atoms with Crippen molar-refractivity contribution in [3.63, 3.8) is 0 Å². The van der Waals surface area contributed by atoms with E-state index >= 15 is 0 Å². The van der Waals surface area contributed by atoms with Crippen molar-refractivity contribution in [2.45, 2.75) is 167 Å². The second-order valence-electron chi connectivity index (χ2n) is 13.6. The summed E-state index contributed by atoms with van der Waals surface area (Å²) in [5, 5.41) is 30.5. The number of hydrogen-bond acceptors (Lipinski definition) is 8.